The lowest BCUT2D eigenvalue weighted by molar-refractivity contribution is 0.260. The fraction of sp³-hybridized carbons (Fsp3) is 0.667. The lowest BCUT2D eigenvalue weighted by Gasteiger charge is -2.18. The molecule has 1 saturated heterocycles. The van der Waals surface area contributed by atoms with Crippen LogP contribution in [0.4, 0.5) is 0 Å². The van der Waals surface area contributed by atoms with Crippen molar-refractivity contribution in [3.05, 3.63) is 23.7 Å². The summed E-state index contributed by atoms with van der Waals surface area (Å²) >= 11 is 0. The first-order valence-corrected chi connectivity index (χ1v) is 8.05. The van der Waals surface area contributed by atoms with Crippen LogP contribution in [0.5, 0.6) is 0 Å². The molecule has 0 aliphatic carbocycles. The Labute approximate surface area is 108 Å². The maximum Gasteiger partial charge on any atom is 0.151 e. The average Bonchev–Trinajstić information content (AvgIpc) is 2.66. The molecular weight excluding hydrogens is 252 g/mol. The van der Waals surface area contributed by atoms with Crippen LogP contribution in [0.1, 0.15) is 17.7 Å². The Balaban J connectivity index is 1.98. The minimum Gasteiger partial charge on any atom is -0.468 e. The van der Waals surface area contributed by atoms with Gasteiger partial charge in [-0.25, -0.2) is 8.42 Å². The Kier molecular flexibility index (Phi) is 4.42. The van der Waals surface area contributed by atoms with Crippen LogP contribution >= 0.6 is 0 Å². The Morgan fingerprint density at radius 1 is 1.39 bits per heavy atom. The van der Waals surface area contributed by atoms with Crippen molar-refractivity contribution in [2.75, 3.05) is 31.6 Å². The number of sulfone groups is 1. The van der Waals surface area contributed by atoms with Crippen LogP contribution in [-0.4, -0.2) is 45.0 Å². The highest BCUT2D eigenvalue weighted by Crippen LogP contribution is 2.15. The fourth-order valence-corrected chi connectivity index (χ4v) is 3.51. The Morgan fingerprint density at radius 3 is 3.00 bits per heavy atom. The molecule has 2 heterocycles. The summed E-state index contributed by atoms with van der Waals surface area (Å²) < 4.78 is 28.5. The summed E-state index contributed by atoms with van der Waals surface area (Å²) in [5.41, 5.74) is 1.14. The van der Waals surface area contributed by atoms with E-state index in [0.717, 1.165) is 24.4 Å². The van der Waals surface area contributed by atoms with E-state index in [1.54, 1.807) is 6.26 Å². The summed E-state index contributed by atoms with van der Waals surface area (Å²) in [5, 5.41) is 3.10. The third-order valence-corrected chi connectivity index (χ3v) is 4.94. The van der Waals surface area contributed by atoms with Crippen molar-refractivity contribution in [3.63, 3.8) is 0 Å². The largest absolute Gasteiger partial charge is 0.468 e. The maximum absolute atomic E-state index is 11.5. The number of nitrogens with one attached hydrogen (secondary N) is 1. The van der Waals surface area contributed by atoms with E-state index in [1.807, 2.05) is 13.1 Å². The quantitative estimate of drug-likeness (QED) is 0.870. The van der Waals surface area contributed by atoms with Gasteiger partial charge in [-0.2, -0.15) is 0 Å². The van der Waals surface area contributed by atoms with Gasteiger partial charge in [0, 0.05) is 18.7 Å². The molecule has 5 nitrogen and oxygen atoms in total. The van der Waals surface area contributed by atoms with Crippen molar-refractivity contribution in [1.82, 2.24) is 10.2 Å². The van der Waals surface area contributed by atoms with Crippen LogP contribution < -0.4 is 5.32 Å². The van der Waals surface area contributed by atoms with Gasteiger partial charge < -0.3 is 9.73 Å². The van der Waals surface area contributed by atoms with Gasteiger partial charge in [0.05, 0.1) is 24.3 Å². The van der Waals surface area contributed by atoms with Crippen molar-refractivity contribution >= 4 is 9.84 Å². The molecule has 1 fully saturated rings. The summed E-state index contributed by atoms with van der Waals surface area (Å²) in [4.78, 5) is 2.16. The normalized spacial score (nSPS) is 20.7. The molecule has 0 atom stereocenters. The van der Waals surface area contributed by atoms with Crippen molar-refractivity contribution in [3.8, 4) is 0 Å². The first kappa shape index (κ1) is 13.6. The molecule has 1 aromatic rings. The second kappa shape index (κ2) is 5.86. The van der Waals surface area contributed by atoms with E-state index in [2.05, 4.69) is 10.2 Å². The lowest BCUT2D eigenvalue weighted by Crippen LogP contribution is -2.27. The second-order valence-corrected chi connectivity index (χ2v) is 6.98. The molecule has 1 N–H and O–H groups in total. The van der Waals surface area contributed by atoms with Gasteiger partial charge >= 0.3 is 0 Å². The van der Waals surface area contributed by atoms with Gasteiger partial charge in [0.1, 0.15) is 5.76 Å². The molecule has 0 saturated carbocycles. The average molecular weight is 272 g/mol. The first-order valence-electron chi connectivity index (χ1n) is 6.23. The van der Waals surface area contributed by atoms with Crippen molar-refractivity contribution in [2.45, 2.75) is 19.5 Å². The summed E-state index contributed by atoms with van der Waals surface area (Å²) in [6, 6.07) is 1.96. The summed E-state index contributed by atoms with van der Waals surface area (Å²) in [6.45, 7) is 2.89. The SMILES string of the molecule is CNCc1ccoc1CN1CCCS(=O)(=O)CC1. The Hall–Kier alpha value is -0.850. The molecule has 6 heteroatoms. The minimum absolute atomic E-state index is 0.259. The van der Waals surface area contributed by atoms with E-state index < -0.39 is 9.84 Å². The van der Waals surface area contributed by atoms with Crippen LogP contribution in [0.3, 0.4) is 0 Å². The second-order valence-electron chi connectivity index (χ2n) is 4.68. The minimum atomic E-state index is -2.84. The molecule has 1 aliphatic rings. The van der Waals surface area contributed by atoms with Crippen LogP contribution in [0.15, 0.2) is 16.7 Å². The van der Waals surface area contributed by atoms with E-state index in [-0.39, 0.29) is 5.75 Å². The van der Waals surface area contributed by atoms with Gasteiger partial charge in [-0.15, -0.1) is 0 Å². The molecular formula is C12H20N2O3S. The van der Waals surface area contributed by atoms with Crippen molar-refractivity contribution in [2.24, 2.45) is 0 Å². The van der Waals surface area contributed by atoms with E-state index in [1.165, 1.54) is 0 Å². The predicted molar refractivity (Wildman–Crippen MR) is 70.0 cm³/mol. The van der Waals surface area contributed by atoms with E-state index >= 15 is 0 Å². The third-order valence-electron chi connectivity index (χ3n) is 3.22. The van der Waals surface area contributed by atoms with E-state index in [0.29, 0.717) is 25.3 Å². The number of hydrogen-bond donors (Lipinski definition) is 1. The van der Waals surface area contributed by atoms with Crippen LogP contribution in [-0.2, 0) is 22.9 Å². The van der Waals surface area contributed by atoms with E-state index in [9.17, 15) is 8.42 Å². The van der Waals surface area contributed by atoms with Gasteiger partial charge in [-0.05, 0) is 26.1 Å². The molecule has 0 unspecified atom stereocenters. The first-order chi connectivity index (χ1) is 8.61. The highest BCUT2D eigenvalue weighted by atomic mass is 32.2. The molecule has 1 aromatic heterocycles. The predicted octanol–water partition coefficient (Wildman–Crippen LogP) is 0.620. The highest BCUT2D eigenvalue weighted by molar-refractivity contribution is 7.91. The number of furan rings is 1. The zero-order valence-corrected chi connectivity index (χ0v) is 11.5. The zero-order chi connectivity index (χ0) is 13.0. The van der Waals surface area contributed by atoms with Gasteiger partial charge in [0.2, 0.25) is 0 Å². The molecule has 0 bridgehead atoms. The molecule has 1 aliphatic heterocycles. The maximum atomic E-state index is 11.5. The molecule has 0 amide bonds. The summed E-state index contributed by atoms with van der Waals surface area (Å²) in [6.07, 6.45) is 2.40. The summed E-state index contributed by atoms with van der Waals surface area (Å²) in [5.74, 6) is 1.50. The molecule has 18 heavy (non-hydrogen) atoms. The number of rotatable bonds is 4. The molecule has 0 spiro atoms. The van der Waals surface area contributed by atoms with Crippen molar-refractivity contribution in [1.29, 1.82) is 0 Å². The highest BCUT2D eigenvalue weighted by Gasteiger charge is 2.20. The molecule has 0 radical (unpaired) electrons. The van der Waals surface area contributed by atoms with Gasteiger partial charge in [0.15, 0.2) is 9.84 Å². The monoisotopic (exact) mass is 272 g/mol. The van der Waals surface area contributed by atoms with Crippen molar-refractivity contribution < 1.29 is 12.8 Å². The van der Waals surface area contributed by atoms with Gasteiger partial charge in [-0.3, -0.25) is 4.90 Å². The number of hydrogen-bond acceptors (Lipinski definition) is 5. The topological polar surface area (TPSA) is 62.6 Å². The number of nitrogens with zero attached hydrogens (tertiary/aromatic N) is 1. The lowest BCUT2D eigenvalue weighted by atomic mass is 10.2. The smallest absolute Gasteiger partial charge is 0.151 e. The standard InChI is InChI=1S/C12H20N2O3S/c1-13-9-11-3-6-17-12(11)10-14-4-2-7-18(15,16)8-5-14/h3,6,13H,2,4-5,7-10H2,1H3. The summed E-state index contributed by atoms with van der Waals surface area (Å²) in [7, 11) is -0.938. The Morgan fingerprint density at radius 2 is 2.22 bits per heavy atom. The molecule has 102 valence electrons. The van der Waals surface area contributed by atoms with Gasteiger partial charge in [0.25, 0.3) is 0 Å². The van der Waals surface area contributed by atoms with Crippen LogP contribution in [0.2, 0.25) is 0 Å². The molecule has 0 aromatic carbocycles. The molecule has 2 rings (SSSR count). The Bertz CT molecular complexity index is 481. The third kappa shape index (κ3) is 3.57. The fourth-order valence-electron chi connectivity index (χ4n) is 2.21. The van der Waals surface area contributed by atoms with Crippen LogP contribution in [0.25, 0.3) is 0 Å². The van der Waals surface area contributed by atoms with Crippen LogP contribution in [0, 0.1) is 0 Å². The zero-order valence-electron chi connectivity index (χ0n) is 10.7. The van der Waals surface area contributed by atoms with E-state index in [4.69, 9.17) is 4.42 Å². The van der Waals surface area contributed by atoms with Gasteiger partial charge in [-0.1, -0.05) is 0 Å².